The molecular weight excluding hydrogens is 214 g/mol. The largest absolute Gasteiger partial charge is 0.507 e. The fraction of sp³-hybridized carbons (Fsp3) is 0.500. The third-order valence-electron chi connectivity index (χ3n) is 3.51. The number of para-hydroxylation sites is 1. The van der Waals surface area contributed by atoms with Crippen LogP contribution in [0.4, 0.5) is 0 Å². The second kappa shape index (κ2) is 4.40. The van der Waals surface area contributed by atoms with E-state index in [0.29, 0.717) is 11.5 Å². The van der Waals surface area contributed by atoms with Crippen LogP contribution in [0.3, 0.4) is 0 Å². The number of phenolic OH excluding ortho intramolecular Hbond substituents is 1. The Bertz CT molecular complexity index is 442. The molecule has 1 heterocycles. The van der Waals surface area contributed by atoms with Crippen LogP contribution in [0.15, 0.2) is 18.2 Å². The lowest BCUT2D eigenvalue weighted by molar-refractivity contribution is 0.0740. The lowest BCUT2D eigenvalue weighted by atomic mass is 10.1. The van der Waals surface area contributed by atoms with Crippen molar-refractivity contribution in [1.29, 1.82) is 0 Å². The molecule has 2 unspecified atom stereocenters. The van der Waals surface area contributed by atoms with Gasteiger partial charge in [0.1, 0.15) is 5.75 Å². The van der Waals surface area contributed by atoms with Gasteiger partial charge in [-0.2, -0.15) is 0 Å². The summed E-state index contributed by atoms with van der Waals surface area (Å²) in [6.07, 6.45) is 1.04. The SMILES string of the molecule is Cc1cccc(C(=O)N2CC(C)CC2C)c1O. The minimum absolute atomic E-state index is 0.0527. The third-order valence-corrected chi connectivity index (χ3v) is 3.51. The standard InChI is InChI=1S/C14H19NO2/c1-9-7-11(3)15(8-9)14(17)12-6-4-5-10(2)13(12)16/h4-6,9,11,16H,7-8H2,1-3H3. The molecule has 1 aliphatic heterocycles. The first kappa shape index (κ1) is 12.0. The van der Waals surface area contributed by atoms with E-state index in [1.807, 2.05) is 24.0 Å². The number of aromatic hydroxyl groups is 1. The van der Waals surface area contributed by atoms with Gasteiger partial charge in [-0.3, -0.25) is 4.79 Å². The molecule has 2 rings (SSSR count). The van der Waals surface area contributed by atoms with Crippen molar-refractivity contribution >= 4 is 5.91 Å². The van der Waals surface area contributed by atoms with Crippen LogP contribution in [-0.2, 0) is 0 Å². The molecule has 0 saturated carbocycles. The predicted octanol–water partition coefficient (Wildman–Crippen LogP) is 2.57. The zero-order chi connectivity index (χ0) is 12.6. The highest BCUT2D eigenvalue weighted by Crippen LogP contribution is 2.28. The fourth-order valence-corrected chi connectivity index (χ4v) is 2.57. The molecule has 2 atom stereocenters. The van der Waals surface area contributed by atoms with Gasteiger partial charge in [-0.1, -0.05) is 19.1 Å². The summed E-state index contributed by atoms with van der Waals surface area (Å²) in [6, 6.07) is 5.58. The van der Waals surface area contributed by atoms with Crippen LogP contribution >= 0.6 is 0 Å². The lowest BCUT2D eigenvalue weighted by Crippen LogP contribution is -2.34. The summed E-state index contributed by atoms with van der Waals surface area (Å²) in [5, 5.41) is 9.93. The number of nitrogens with zero attached hydrogens (tertiary/aromatic N) is 1. The quantitative estimate of drug-likeness (QED) is 0.810. The van der Waals surface area contributed by atoms with Crippen LogP contribution in [0.1, 0.15) is 36.2 Å². The molecule has 0 spiro atoms. The molecule has 1 N–H and O–H groups in total. The van der Waals surface area contributed by atoms with Crippen molar-refractivity contribution in [2.45, 2.75) is 33.2 Å². The number of aryl methyl sites for hydroxylation is 1. The van der Waals surface area contributed by atoms with Gasteiger partial charge in [-0.15, -0.1) is 0 Å². The number of carbonyl (C=O) groups is 1. The van der Waals surface area contributed by atoms with Crippen molar-refractivity contribution in [2.24, 2.45) is 5.92 Å². The molecule has 1 fully saturated rings. The molecule has 92 valence electrons. The van der Waals surface area contributed by atoms with E-state index in [2.05, 4.69) is 13.8 Å². The molecule has 0 radical (unpaired) electrons. The number of likely N-dealkylation sites (tertiary alicyclic amines) is 1. The Balaban J connectivity index is 2.29. The Morgan fingerprint density at radius 1 is 1.41 bits per heavy atom. The third kappa shape index (κ3) is 2.14. The Labute approximate surface area is 102 Å². The van der Waals surface area contributed by atoms with Crippen LogP contribution in [0, 0.1) is 12.8 Å². The van der Waals surface area contributed by atoms with Crippen LogP contribution < -0.4 is 0 Å². The van der Waals surface area contributed by atoms with Gasteiger partial charge in [-0.05, 0) is 37.8 Å². The van der Waals surface area contributed by atoms with Gasteiger partial charge in [0, 0.05) is 12.6 Å². The summed E-state index contributed by atoms with van der Waals surface area (Å²) < 4.78 is 0. The van der Waals surface area contributed by atoms with Gasteiger partial charge in [0.25, 0.3) is 5.91 Å². The monoisotopic (exact) mass is 233 g/mol. The minimum atomic E-state index is -0.0527. The van der Waals surface area contributed by atoms with Crippen LogP contribution in [0.5, 0.6) is 5.75 Å². The predicted molar refractivity (Wildman–Crippen MR) is 67.1 cm³/mol. The van der Waals surface area contributed by atoms with Crippen molar-refractivity contribution in [3.8, 4) is 5.75 Å². The summed E-state index contributed by atoms with van der Waals surface area (Å²) in [5.74, 6) is 0.605. The molecule has 17 heavy (non-hydrogen) atoms. The molecule has 3 heteroatoms. The molecule has 0 aromatic heterocycles. The highest BCUT2D eigenvalue weighted by molar-refractivity contribution is 5.97. The molecule has 0 aliphatic carbocycles. The maximum Gasteiger partial charge on any atom is 0.257 e. The number of benzene rings is 1. The molecule has 3 nitrogen and oxygen atoms in total. The average Bonchev–Trinajstić information content (AvgIpc) is 2.61. The van der Waals surface area contributed by atoms with Gasteiger partial charge >= 0.3 is 0 Å². The first-order valence-corrected chi connectivity index (χ1v) is 6.10. The number of rotatable bonds is 1. The smallest absolute Gasteiger partial charge is 0.257 e. The topological polar surface area (TPSA) is 40.5 Å². The van der Waals surface area contributed by atoms with Gasteiger partial charge in [0.2, 0.25) is 0 Å². The molecular formula is C14H19NO2. The van der Waals surface area contributed by atoms with Gasteiger partial charge in [0.05, 0.1) is 5.56 Å². The van der Waals surface area contributed by atoms with E-state index < -0.39 is 0 Å². The van der Waals surface area contributed by atoms with E-state index in [-0.39, 0.29) is 17.7 Å². The van der Waals surface area contributed by atoms with Crippen molar-refractivity contribution in [3.05, 3.63) is 29.3 Å². The summed E-state index contributed by atoms with van der Waals surface area (Å²) >= 11 is 0. The number of hydrogen-bond acceptors (Lipinski definition) is 2. The van der Waals surface area contributed by atoms with Crippen molar-refractivity contribution in [3.63, 3.8) is 0 Å². The van der Waals surface area contributed by atoms with Crippen LogP contribution in [0.2, 0.25) is 0 Å². The number of phenols is 1. The zero-order valence-corrected chi connectivity index (χ0v) is 10.6. The average molecular weight is 233 g/mol. The van der Waals surface area contributed by atoms with Gasteiger partial charge < -0.3 is 10.0 Å². The molecule has 1 saturated heterocycles. The van der Waals surface area contributed by atoms with E-state index in [0.717, 1.165) is 18.5 Å². The second-order valence-corrected chi connectivity index (χ2v) is 5.12. The van der Waals surface area contributed by atoms with Gasteiger partial charge in [-0.25, -0.2) is 0 Å². The van der Waals surface area contributed by atoms with Crippen LogP contribution in [0.25, 0.3) is 0 Å². The van der Waals surface area contributed by atoms with E-state index in [4.69, 9.17) is 0 Å². The van der Waals surface area contributed by atoms with E-state index >= 15 is 0 Å². The molecule has 1 aliphatic rings. The lowest BCUT2D eigenvalue weighted by Gasteiger charge is -2.22. The Morgan fingerprint density at radius 3 is 2.71 bits per heavy atom. The maximum atomic E-state index is 12.3. The molecule has 1 aromatic carbocycles. The number of carbonyl (C=O) groups excluding carboxylic acids is 1. The zero-order valence-electron chi connectivity index (χ0n) is 10.6. The minimum Gasteiger partial charge on any atom is -0.507 e. The highest BCUT2D eigenvalue weighted by Gasteiger charge is 2.31. The van der Waals surface area contributed by atoms with Crippen molar-refractivity contribution in [2.75, 3.05) is 6.54 Å². The molecule has 0 bridgehead atoms. The Hall–Kier alpha value is -1.51. The summed E-state index contributed by atoms with van der Waals surface area (Å²) in [7, 11) is 0. The summed E-state index contributed by atoms with van der Waals surface area (Å²) in [6.45, 7) is 6.81. The first-order chi connectivity index (χ1) is 8.00. The summed E-state index contributed by atoms with van der Waals surface area (Å²) in [5.41, 5.74) is 1.17. The fourth-order valence-electron chi connectivity index (χ4n) is 2.57. The normalized spacial score (nSPS) is 24.1. The van der Waals surface area contributed by atoms with Crippen molar-refractivity contribution in [1.82, 2.24) is 4.90 Å². The Morgan fingerprint density at radius 2 is 2.12 bits per heavy atom. The number of amides is 1. The van der Waals surface area contributed by atoms with E-state index in [1.165, 1.54) is 0 Å². The number of hydrogen-bond donors (Lipinski definition) is 1. The summed E-state index contributed by atoms with van der Waals surface area (Å²) in [4.78, 5) is 14.2. The maximum absolute atomic E-state index is 12.3. The van der Waals surface area contributed by atoms with Gasteiger partial charge in [0.15, 0.2) is 0 Å². The van der Waals surface area contributed by atoms with Crippen LogP contribution in [-0.4, -0.2) is 28.5 Å². The van der Waals surface area contributed by atoms with Crippen molar-refractivity contribution < 1.29 is 9.90 Å². The highest BCUT2D eigenvalue weighted by atomic mass is 16.3. The molecule has 1 aromatic rings. The Kier molecular flexibility index (Phi) is 3.09. The molecule has 1 amide bonds. The van der Waals surface area contributed by atoms with E-state index in [9.17, 15) is 9.90 Å². The van der Waals surface area contributed by atoms with E-state index in [1.54, 1.807) is 6.07 Å². The second-order valence-electron chi connectivity index (χ2n) is 5.12. The first-order valence-electron chi connectivity index (χ1n) is 6.10.